The molecule has 9 nitrogen and oxygen atoms in total. The van der Waals surface area contributed by atoms with E-state index in [0.29, 0.717) is 28.7 Å². The number of aliphatic hydroxyl groups excluding tert-OH is 1. The number of carbonyl (C=O) groups is 2. The lowest BCUT2D eigenvalue weighted by atomic mass is 10.1. The number of amides is 2. The van der Waals surface area contributed by atoms with E-state index in [1.807, 2.05) is 12.1 Å². The summed E-state index contributed by atoms with van der Waals surface area (Å²) in [5.74, 6) is 1.93. The van der Waals surface area contributed by atoms with Crippen molar-refractivity contribution in [1.82, 2.24) is 5.32 Å². The predicted octanol–water partition coefficient (Wildman–Crippen LogP) is 1.48. The summed E-state index contributed by atoms with van der Waals surface area (Å²) in [6.07, 6.45) is -1.39. The summed E-state index contributed by atoms with van der Waals surface area (Å²) in [6.45, 7) is 2.12. The molecule has 0 aromatic heterocycles. The van der Waals surface area contributed by atoms with Crippen molar-refractivity contribution in [1.29, 1.82) is 0 Å². The first-order chi connectivity index (χ1) is 15.0. The van der Waals surface area contributed by atoms with Crippen LogP contribution in [-0.2, 0) is 9.59 Å². The largest absolute Gasteiger partial charge is 0.491 e. The Morgan fingerprint density at radius 2 is 2.03 bits per heavy atom. The van der Waals surface area contributed by atoms with Gasteiger partial charge in [-0.2, -0.15) is 0 Å². The molecule has 2 aromatic rings. The highest BCUT2D eigenvalue weighted by Crippen LogP contribution is 2.35. The van der Waals surface area contributed by atoms with Crippen LogP contribution in [0.1, 0.15) is 13.3 Å². The highest BCUT2D eigenvalue weighted by atomic mass is 16.7. The van der Waals surface area contributed by atoms with Crippen LogP contribution in [0.4, 0.5) is 5.69 Å². The van der Waals surface area contributed by atoms with Gasteiger partial charge in [-0.1, -0.05) is 12.1 Å². The maximum Gasteiger partial charge on any atom is 0.267 e. The summed E-state index contributed by atoms with van der Waals surface area (Å²) in [4.78, 5) is 26.2. The third-order valence-corrected chi connectivity index (χ3v) is 4.96. The average Bonchev–Trinajstić information content (AvgIpc) is 3.24. The second kappa shape index (κ2) is 9.13. The Hall–Kier alpha value is -3.46. The minimum absolute atomic E-state index is 0.00671. The molecule has 0 aliphatic carbocycles. The number of aliphatic hydroxyl groups is 1. The van der Waals surface area contributed by atoms with Crippen LogP contribution in [-0.4, -0.2) is 55.6 Å². The van der Waals surface area contributed by atoms with Gasteiger partial charge in [0, 0.05) is 25.6 Å². The summed E-state index contributed by atoms with van der Waals surface area (Å²) in [5.41, 5.74) is 0.649. The molecule has 4 rings (SSSR count). The van der Waals surface area contributed by atoms with Crippen molar-refractivity contribution in [2.75, 3.05) is 31.4 Å². The van der Waals surface area contributed by atoms with Gasteiger partial charge in [-0.25, -0.2) is 0 Å². The second-order valence-electron chi connectivity index (χ2n) is 7.25. The molecular weight excluding hydrogens is 404 g/mol. The smallest absolute Gasteiger partial charge is 0.267 e. The number of nitrogens with zero attached hydrogens (tertiary/aromatic N) is 1. The zero-order valence-corrected chi connectivity index (χ0v) is 17.1. The van der Waals surface area contributed by atoms with Gasteiger partial charge in [0.05, 0.1) is 5.69 Å². The van der Waals surface area contributed by atoms with Crippen LogP contribution >= 0.6 is 0 Å². The van der Waals surface area contributed by atoms with E-state index in [1.54, 1.807) is 42.2 Å². The van der Waals surface area contributed by atoms with Crippen LogP contribution in [0, 0.1) is 0 Å². The number of para-hydroxylation sites is 2. The molecule has 2 amide bonds. The number of hydrogen-bond donors (Lipinski definition) is 2. The molecule has 0 bridgehead atoms. The van der Waals surface area contributed by atoms with Crippen LogP contribution in [0.25, 0.3) is 0 Å². The number of rotatable bonds is 8. The van der Waals surface area contributed by atoms with Gasteiger partial charge in [0.2, 0.25) is 12.7 Å². The van der Waals surface area contributed by atoms with Gasteiger partial charge in [-0.05, 0) is 31.2 Å². The van der Waals surface area contributed by atoms with Crippen molar-refractivity contribution in [2.45, 2.75) is 25.6 Å². The normalized spacial score (nSPS) is 17.5. The highest BCUT2D eigenvalue weighted by Gasteiger charge is 2.31. The molecule has 2 aromatic carbocycles. The van der Waals surface area contributed by atoms with Crippen molar-refractivity contribution in [2.24, 2.45) is 0 Å². The molecule has 2 N–H and O–H groups in total. The summed E-state index contributed by atoms with van der Waals surface area (Å²) in [7, 11) is 0. The van der Waals surface area contributed by atoms with Gasteiger partial charge in [0.25, 0.3) is 5.91 Å². The molecule has 2 unspecified atom stereocenters. The molecule has 0 spiro atoms. The molecule has 9 heteroatoms. The molecule has 2 heterocycles. The molecule has 2 aliphatic rings. The molecule has 31 heavy (non-hydrogen) atoms. The fraction of sp³-hybridized carbons (Fsp3) is 0.364. The second-order valence-corrected chi connectivity index (χ2v) is 7.25. The lowest BCUT2D eigenvalue weighted by Crippen LogP contribution is -2.46. The molecule has 2 aliphatic heterocycles. The average molecular weight is 428 g/mol. The Bertz CT molecular complexity index is 965. The Balaban J connectivity index is 1.22. The lowest BCUT2D eigenvalue weighted by Gasteiger charge is -2.32. The first-order valence-corrected chi connectivity index (χ1v) is 10.1. The van der Waals surface area contributed by atoms with Crippen molar-refractivity contribution < 1.29 is 33.6 Å². The minimum atomic E-state index is -0.889. The highest BCUT2D eigenvalue weighted by molar-refractivity contribution is 6.00. The summed E-state index contributed by atoms with van der Waals surface area (Å²) in [6, 6.07) is 12.4. The van der Waals surface area contributed by atoms with Gasteiger partial charge in [-0.3, -0.25) is 9.59 Å². The topological polar surface area (TPSA) is 107 Å². The van der Waals surface area contributed by atoms with E-state index in [4.69, 9.17) is 18.9 Å². The van der Waals surface area contributed by atoms with Crippen LogP contribution in [0.15, 0.2) is 42.5 Å². The Labute approximate surface area is 179 Å². The fourth-order valence-electron chi connectivity index (χ4n) is 3.34. The maximum atomic E-state index is 12.5. The van der Waals surface area contributed by atoms with Crippen LogP contribution in [0.3, 0.4) is 0 Å². The van der Waals surface area contributed by atoms with Gasteiger partial charge in [0.1, 0.15) is 24.2 Å². The van der Waals surface area contributed by atoms with E-state index in [9.17, 15) is 14.7 Å². The molecule has 0 saturated carbocycles. The van der Waals surface area contributed by atoms with E-state index in [2.05, 4.69) is 5.32 Å². The number of carbonyl (C=O) groups excluding carboxylic acids is 2. The molecule has 0 fully saturated rings. The number of anilines is 1. The van der Waals surface area contributed by atoms with E-state index in [1.165, 1.54) is 0 Å². The van der Waals surface area contributed by atoms with Crippen LogP contribution < -0.4 is 29.2 Å². The van der Waals surface area contributed by atoms with Crippen molar-refractivity contribution >= 4 is 17.5 Å². The monoisotopic (exact) mass is 428 g/mol. The number of fused-ring (bicyclic) bond motifs is 2. The standard InChI is InChI=1S/C22H24N2O7/c1-14-22(27)24(17-4-2-3-5-18(17)31-14)9-8-21(26)23-11-15(25)12-28-16-6-7-19-20(10-16)30-13-29-19/h2-7,10,14-15,25H,8-9,11-13H2,1H3,(H,23,26). The first-order valence-electron chi connectivity index (χ1n) is 10.1. The molecule has 2 atom stereocenters. The first kappa shape index (κ1) is 20.8. The Morgan fingerprint density at radius 1 is 1.23 bits per heavy atom. The molecular formula is C22H24N2O7. The summed E-state index contributed by atoms with van der Waals surface area (Å²) < 4.78 is 21.7. The molecule has 0 saturated heterocycles. The zero-order valence-electron chi connectivity index (χ0n) is 17.1. The molecule has 0 radical (unpaired) electrons. The van der Waals surface area contributed by atoms with Crippen LogP contribution in [0.5, 0.6) is 23.0 Å². The van der Waals surface area contributed by atoms with Gasteiger partial charge in [-0.15, -0.1) is 0 Å². The third-order valence-electron chi connectivity index (χ3n) is 4.96. The number of nitrogens with one attached hydrogen (secondary N) is 1. The van der Waals surface area contributed by atoms with E-state index in [-0.39, 0.29) is 44.7 Å². The minimum Gasteiger partial charge on any atom is -0.491 e. The quantitative estimate of drug-likeness (QED) is 0.656. The number of hydrogen-bond acceptors (Lipinski definition) is 7. The lowest BCUT2D eigenvalue weighted by molar-refractivity contribution is -0.125. The summed E-state index contributed by atoms with van der Waals surface area (Å²) in [5, 5.41) is 12.8. The van der Waals surface area contributed by atoms with Gasteiger partial charge in [0.15, 0.2) is 17.6 Å². The number of benzene rings is 2. The third kappa shape index (κ3) is 4.83. The SMILES string of the molecule is CC1Oc2ccccc2N(CCC(=O)NCC(O)COc2ccc3c(c2)OCO3)C1=O. The fourth-order valence-corrected chi connectivity index (χ4v) is 3.34. The van der Waals surface area contributed by atoms with E-state index < -0.39 is 12.2 Å². The molecule has 164 valence electrons. The van der Waals surface area contributed by atoms with Gasteiger partial charge >= 0.3 is 0 Å². The number of ether oxygens (including phenoxy) is 4. The van der Waals surface area contributed by atoms with Gasteiger partial charge < -0.3 is 34.3 Å². The van der Waals surface area contributed by atoms with E-state index in [0.717, 1.165) is 0 Å². The Morgan fingerprint density at radius 3 is 2.90 bits per heavy atom. The van der Waals surface area contributed by atoms with E-state index >= 15 is 0 Å². The van der Waals surface area contributed by atoms with Crippen molar-refractivity contribution in [3.63, 3.8) is 0 Å². The summed E-state index contributed by atoms with van der Waals surface area (Å²) >= 11 is 0. The zero-order chi connectivity index (χ0) is 21.8. The maximum absolute atomic E-state index is 12.5. The Kier molecular flexibility index (Phi) is 6.13. The predicted molar refractivity (Wildman–Crippen MR) is 111 cm³/mol. The van der Waals surface area contributed by atoms with Crippen LogP contribution in [0.2, 0.25) is 0 Å². The van der Waals surface area contributed by atoms with Crippen molar-refractivity contribution in [3.8, 4) is 23.0 Å². The van der Waals surface area contributed by atoms with Crippen molar-refractivity contribution in [3.05, 3.63) is 42.5 Å².